The highest BCUT2D eigenvalue weighted by Gasteiger charge is 2.27. The summed E-state index contributed by atoms with van der Waals surface area (Å²) in [6.07, 6.45) is 1.17. The van der Waals surface area contributed by atoms with Crippen LogP contribution in [0.5, 0.6) is 0 Å². The van der Waals surface area contributed by atoms with Crippen LogP contribution in [0.1, 0.15) is 17.7 Å². The number of nitrogens with one attached hydrogen (secondary N) is 1. The zero-order valence-corrected chi connectivity index (χ0v) is 21.0. The van der Waals surface area contributed by atoms with Crippen molar-refractivity contribution in [2.45, 2.75) is 24.2 Å². The third-order valence-corrected chi connectivity index (χ3v) is 8.09. The molecule has 2 aromatic carbocycles. The molecular formula is C25H25ClFN5O3S. The van der Waals surface area contributed by atoms with Crippen molar-refractivity contribution in [3.8, 4) is 0 Å². The lowest BCUT2D eigenvalue weighted by atomic mass is 10.1. The molecule has 3 aromatic rings. The Morgan fingerprint density at radius 3 is 2.50 bits per heavy atom. The number of anilines is 4. The maximum atomic E-state index is 14.8. The minimum absolute atomic E-state index is 0.145. The van der Waals surface area contributed by atoms with Crippen LogP contribution >= 0.6 is 11.6 Å². The summed E-state index contributed by atoms with van der Waals surface area (Å²) in [5.74, 6) is -0.270. The average Bonchev–Trinajstić information content (AvgIpc) is 2.86. The van der Waals surface area contributed by atoms with E-state index in [1.54, 1.807) is 6.07 Å². The van der Waals surface area contributed by atoms with Gasteiger partial charge in [0.2, 0.25) is 5.95 Å². The van der Waals surface area contributed by atoms with Crippen molar-refractivity contribution in [3.63, 3.8) is 0 Å². The number of piperazine rings is 1. The van der Waals surface area contributed by atoms with Gasteiger partial charge in [-0.05, 0) is 54.8 Å². The first kappa shape index (κ1) is 24.5. The lowest BCUT2D eigenvalue weighted by Crippen LogP contribution is -2.47. The molecule has 1 atom stereocenters. The van der Waals surface area contributed by atoms with Gasteiger partial charge in [-0.3, -0.25) is 9.00 Å². The van der Waals surface area contributed by atoms with Crippen LogP contribution in [0.3, 0.4) is 0 Å². The number of aromatic nitrogens is 2. The van der Waals surface area contributed by atoms with Gasteiger partial charge in [0.1, 0.15) is 10.7 Å². The maximum absolute atomic E-state index is 14.8. The summed E-state index contributed by atoms with van der Waals surface area (Å²) in [7, 11) is -1.29. The van der Waals surface area contributed by atoms with E-state index in [1.165, 1.54) is 12.1 Å². The number of benzene rings is 2. The van der Waals surface area contributed by atoms with Gasteiger partial charge in [-0.15, -0.1) is 0 Å². The molecule has 3 heterocycles. The third kappa shape index (κ3) is 5.29. The van der Waals surface area contributed by atoms with Gasteiger partial charge in [0.15, 0.2) is 5.82 Å². The van der Waals surface area contributed by atoms with Crippen molar-refractivity contribution in [2.75, 3.05) is 47.0 Å². The minimum Gasteiger partial charge on any atom is -0.481 e. The van der Waals surface area contributed by atoms with Crippen molar-refractivity contribution >= 4 is 51.5 Å². The lowest BCUT2D eigenvalue weighted by Gasteiger charge is -2.36. The molecule has 0 unspecified atom stereocenters. The third-order valence-electron chi connectivity index (χ3n) is 6.29. The Bertz CT molecular complexity index is 1320. The summed E-state index contributed by atoms with van der Waals surface area (Å²) in [6.45, 7) is 2.94. The number of aliphatic carboxylic acids is 1. The van der Waals surface area contributed by atoms with Crippen molar-refractivity contribution in [1.82, 2.24) is 9.97 Å². The number of halogens is 2. The standard InChI is InChI=1S/C25H25ClFN5O3S/c26-17-4-6-18(7-5-17)31-9-11-32(12-10-31)25-29-21-2-1-13-36(35)23(21)24(30-25)28-20-8-3-16(14-19(20)27)15-22(33)34/h3-8,14H,1-2,9-13,15H2,(H,33,34)(H,28,29,30)/t36-/m1/s1. The summed E-state index contributed by atoms with van der Waals surface area (Å²) >= 11 is 6.01. The molecule has 1 saturated heterocycles. The predicted molar refractivity (Wildman–Crippen MR) is 139 cm³/mol. The van der Waals surface area contributed by atoms with Gasteiger partial charge in [-0.1, -0.05) is 17.7 Å². The predicted octanol–water partition coefficient (Wildman–Crippen LogP) is 4.02. The molecule has 11 heteroatoms. The van der Waals surface area contributed by atoms with E-state index in [4.69, 9.17) is 26.7 Å². The van der Waals surface area contributed by atoms with Crippen LogP contribution in [0.15, 0.2) is 47.4 Å². The molecule has 0 amide bonds. The van der Waals surface area contributed by atoms with Crippen molar-refractivity contribution < 1.29 is 18.5 Å². The zero-order valence-electron chi connectivity index (χ0n) is 19.4. The van der Waals surface area contributed by atoms with Gasteiger partial charge < -0.3 is 20.2 Å². The Morgan fingerprint density at radius 2 is 1.81 bits per heavy atom. The number of carbonyl (C=O) groups is 1. The summed E-state index contributed by atoms with van der Waals surface area (Å²) in [5, 5.41) is 12.7. The molecule has 0 spiro atoms. The van der Waals surface area contributed by atoms with Gasteiger partial charge in [-0.25, -0.2) is 9.37 Å². The Hall–Kier alpha value is -3.24. The Labute approximate surface area is 215 Å². The van der Waals surface area contributed by atoms with E-state index in [9.17, 15) is 13.4 Å². The Kier molecular flexibility index (Phi) is 7.06. The average molecular weight is 530 g/mol. The van der Waals surface area contributed by atoms with E-state index in [2.05, 4.69) is 15.1 Å². The molecule has 188 valence electrons. The van der Waals surface area contributed by atoms with Crippen LogP contribution < -0.4 is 15.1 Å². The first-order valence-corrected chi connectivity index (χ1v) is 13.4. The van der Waals surface area contributed by atoms with Crippen LogP contribution in [-0.2, 0) is 28.4 Å². The number of aryl methyl sites for hydroxylation is 1. The maximum Gasteiger partial charge on any atom is 0.307 e. The van der Waals surface area contributed by atoms with Crippen LogP contribution in [0.2, 0.25) is 5.02 Å². The molecule has 0 saturated carbocycles. The minimum atomic E-state index is -1.29. The number of rotatable bonds is 6. The fraction of sp³-hybridized carbons (Fsp3) is 0.320. The van der Waals surface area contributed by atoms with Gasteiger partial charge in [0.25, 0.3) is 0 Å². The highest BCUT2D eigenvalue weighted by Crippen LogP contribution is 2.32. The van der Waals surface area contributed by atoms with Crippen LogP contribution in [-0.4, -0.2) is 57.2 Å². The normalized spacial score (nSPS) is 17.6. The van der Waals surface area contributed by atoms with Gasteiger partial charge in [0, 0.05) is 42.6 Å². The molecule has 0 radical (unpaired) electrons. The molecule has 36 heavy (non-hydrogen) atoms. The fourth-order valence-corrected chi connectivity index (χ4v) is 5.94. The number of carboxylic acid groups (broad SMARTS) is 1. The lowest BCUT2D eigenvalue weighted by molar-refractivity contribution is -0.136. The van der Waals surface area contributed by atoms with Crippen molar-refractivity contribution in [2.24, 2.45) is 0 Å². The molecular weight excluding hydrogens is 505 g/mol. The zero-order chi connectivity index (χ0) is 25.2. The molecule has 2 N–H and O–H groups in total. The van der Waals surface area contributed by atoms with Gasteiger partial charge >= 0.3 is 5.97 Å². The van der Waals surface area contributed by atoms with Gasteiger partial charge in [-0.2, -0.15) is 4.98 Å². The second-order valence-corrected chi connectivity index (χ2v) is 10.7. The van der Waals surface area contributed by atoms with Gasteiger partial charge in [0.05, 0.1) is 28.6 Å². The van der Waals surface area contributed by atoms with E-state index < -0.39 is 22.6 Å². The number of carboxylic acids is 1. The number of hydrogen-bond donors (Lipinski definition) is 2. The highest BCUT2D eigenvalue weighted by atomic mass is 35.5. The molecule has 1 fully saturated rings. The van der Waals surface area contributed by atoms with Crippen LogP contribution in [0, 0.1) is 5.82 Å². The number of fused-ring (bicyclic) bond motifs is 1. The summed E-state index contributed by atoms with van der Waals surface area (Å²) < 4.78 is 27.7. The summed E-state index contributed by atoms with van der Waals surface area (Å²) in [6, 6.07) is 12.0. The van der Waals surface area contributed by atoms with Crippen LogP contribution in [0.4, 0.5) is 27.5 Å². The molecule has 0 bridgehead atoms. The van der Waals surface area contributed by atoms with E-state index in [0.29, 0.717) is 52.5 Å². The smallest absolute Gasteiger partial charge is 0.307 e. The monoisotopic (exact) mass is 529 g/mol. The Morgan fingerprint density at radius 1 is 1.08 bits per heavy atom. The number of nitrogens with zero attached hydrogens (tertiary/aromatic N) is 4. The second-order valence-electron chi connectivity index (χ2n) is 8.76. The molecule has 2 aliphatic heterocycles. The first-order chi connectivity index (χ1) is 17.4. The van der Waals surface area contributed by atoms with Crippen molar-refractivity contribution in [1.29, 1.82) is 0 Å². The molecule has 2 aliphatic rings. The van der Waals surface area contributed by atoms with E-state index in [-0.39, 0.29) is 12.1 Å². The van der Waals surface area contributed by atoms with E-state index in [1.807, 2.05) is 24.3 Å². The molecule has 0 aliphatic carbocycles. The number of hydrogen-bond acceptors (Lipinski definition) is 7. The quantitative estimate of drug-likeness (QED) is 0.494. The topological polar surface area (TPSA) is 98.7 Å². The largest absolute Gasteiger partial charge is 0.481 e. The molecule has 8 nitrogen and oxygen atoms in total. The summed E-state index contributed by atoms with van der Waals surface area (Å²) in [5.41, 5.74) is 2.32. The SMILES string of the molecule is O=C(O)Cc1ccc(Nc2nc(N3CCN(c4ccc(Cl)cc4)CC3)nc3c2[S@](=O)CCC3)c(F)c1. The van der Waals surface area contributed by atoms with Crippen molar-refractivity contribution in [3.05, 3.63) is 64.6 Å². The summed E-state index contributed by atoms with van der Waals surface area (Å²) in [4.78, 5) is 25.3. The van der Waals surface area contributed by atoms with Crippen LogP contribution in [0.25, 0.3) is 0 Å². The van der Waals surface area contributed by atoms with E-state index >= 15 is 0 Å². The first-order valence-electron chi connectivity index (χ1n) is 11.7. The second kappa shape index (κ2) is 10.4. The highest BCUT2D eigenvalue weighted by molar-refractivity contribution is 7.85. The fourth-order valence-electron chi connectivity index (χ4n) is 4.48. The molecule has 5 rings (SSSR count). The Balaban J connectivity index is 1.40. The molecule has 1 aromatic heterocycles. The van der Waals surface area contributed by atoms with E-state index in [0.717, 1.165) is 30.9 Å².